The van der Waals surface area contributed by atoms with E-state index in [1.807, 2.05) is 42.5 Å². The summed E-state index contributed by atoms with van der Waals surface area (Å²) in [5.74, 6) is -0.519. The number of amides is 1. The molecule has 1 N–H and O–H groups in total. The van der Waals surface area contributed by atoms with Gasteiger partial charge in [-0.2, -0.15) is 0 Å². The Morgan fingerprint density at radius 1 is 0.966 bits per heavy atom. The summed E-state index contributed by atoms with van der Waals surface area (Å²) < 4.78 is 9.70. The van der Waals surface area contributed by atoms with Gasteiger partial charge < -0.3 is 14.6 Å². The first-order valence-corrected chi connectivity index (χ1v) is 9.09. The molecule has 0 radical (unpaired) electrons. The number of hydrogen-bond acceptors (Lipinski definition) is 6. The molecule has 0 aliphatic rings. The van der Waals surface area contributed by atoms with Crippen molar-refractivity contribution in [3.8, 4) is 11.1 Å². The molecule has 0 aliphatic heterocycles. The molecule has 7 heteroatoms. The molecule has 0 saturated carbocycles. The van der Waals surface area contributed by atoms with Crippen molar-refractivity contribution >= 4 is 23.5 Å². The minimum absolute atomic E-state index is 0.00756. The third kappa shape index (κ3) is 5.87. The Morgan fingerprint density at radius 2 is 1.66 bits per heavy atom. The number of aromatic nitrogens is 1. The van der Waals surface area contributed by atoms with Gasteiger partial charge in [0.2, 0.25) is 0 Å². The molecule has 148 valence electrons. The Bertz CT molecular complexity index is 994. The van der Waals surface area contributed by atoms with Gasteiger partial charge in [0.15, 0.2) is 18.2 Å². The first kappa shape index (κ1) is 20.0. The molecule has 2 aromatic carbocycles. The number of nitrogens with zero attached hydrogens (tertiary/aromatic N) is 1. The van der Waals surface area contributed by atoms with Crippen molar-refractivity contribution in [3.05, 3.63) is 72.0 Å². The van der Waals surface area contributed by atoms with Gasteiger partial charge in [0.1, 0.15) is 5.76 Å². The van der Waals surface area contributed by atoms with E-state index in [1.165, 1.54) is 0 Å². The largest absolute Gasteiger partial charge is 0.456 e. The zero-order valence-electron chi connectivity index (χ0n) is 15.9. The number of benzene rings is 2. The van der Waals surface area contributed by atoms with Crippen LogP contribution in [0.15, 0.2) is 65.2 Å². The molecule has 0 unspecified atom stereocenters. The molecule has 0 spiro atoms. The third-order valence-corrected chi connectivity index (χ3v) is 4.13. The van der Waals surface area contributed by atoms with E-state index < -0.39 is 18.5 Å². The number of rotatable bonds is 8. The molecule has 3 aromatic rings. The second kappa shape index (κ2) is 9.45. The molecule has 7 nitrogen and oxygen atoms in total. The van der Waals surface area contributed by atoms with Crippen LogP contribution < -0.4 is 5.32 Å². The number of aryl methyl sites for hydroxylation is 1. The maximum atomic E-state index is 12.3. The number of carbonyl (C=O) groups is 3. The van der Waals surface area contributed by atoms with Gasteiger partial charge in [-0.05, 0) is 18.1 Å². The lowest BCUT2D eigenvalue weighted by molar-refractivity contribution is -0.147. The van der Waals surface area contributed by atoms with Gasteiger partial charge >= 0.3 is 5.97 Å². The van der Waals surface area contributed by atoms with E-state index in [2.05, 4.69) is 10.5 Å². The Labute approximate surface area is 167 Å². The van der Waals surface area contributed by atoms with E-state index in [-0.39, 0.29) is 24.4 Å². The first-order chi connectivity index (χ1) is 14.0. The molecule has 0 fully saturated rings. The zero-order valence-corrected chi connectivity index (χ0v) is 15.9. The van der Waals surface area contributed by atoms with Gasteiger partial charge in [-0.1, -0.05) is 59.8 Å². The normalized spacial score (nSPS) is 10.4. The fourth-order valence-electron chi connectivity index (χ4n) is 2.66. The van der Waals surface area contributed by atoms with E-state index in [9.17, 15) is 14.4 Å². The van der Waals surface area contributed by atoms with Crippen LogP contribution in [-0.2, 0) is 14.3 Å². The van der Waals surface area contributed by atoms with Gasteiger partial charge in [0.25, 0.3) is 5.91 Å². The van der Waals surface area contributed by atoms with Crippen LogP contribution in [0.25, 0.3) is 11.1 Å². The van der Waals surface area contributed by atoms with Crippen molar-refractivity contribution in [2.45, 2.75) is 19.8 Å². The number of carbonyl (C=O) groups excluding carboxylic acids is 3. The monoisotopic (exact) mass is 392 g/mol. The standard InChI is InChI=1S/C22H20N2O5/c1-15-13-20(24-29-15)23-21(26)14-28-22(27)12-11-19(25)18-9-7-17(8-10-18)16-5-3-2-4-6-16/h2-10,13H,11-12,14H2,1H3,(H,23,24,26). The average Bonchev–Trinajstić information content (AvgIpc) is 3.15. The predicted octanol–water partition coefficient (Wildman–Crippen LogP) is 3.79. The molecular weight excluding hydrogens is 372 g/mol. The van der Waals surface area contributed by atoms with E-state index in [0.717, 1.165) is 11.1 Å². The van der Waals surface area contributed by atoms with E-state index in [0.29, 0.717) is 11.3 Å². The number of Topliss-reactive ketones (excluding diaryl/α,β-unsaturated/α-hetero) is 1. The number of esters is 1. The highest BCUT2D eigenvalue weighted by molar-refractivity contribution is 5.98. The van der Waals surface area contributed by atoms with Crippen LogP contribution in [0, 0.1) is 6.92 Å². The predicted molar refractivity (Wildman–Crippen MR) is 106 cm³/mol. The van der Waals surface area contributed by atoms with Gasteiger partial charge in [-0.3, -0.25) is 14.4 Å². The van der Waals surface area contributed by atoms with Crippen LogP contribution in [0.3, 0.4) is 0 Å². The summed E-state index contributed by atoms with van der Waals surface area (Å²) in [6.07, 6.45) is -0.0940. The molecule has 0 saturated heterocycles. The highest BCUT2D eigenvalue weighted by Gasteiger charge is 2.13. The van der Waals surface area contributed by atoms with Crippen molar-refractivity contribution in [2.75, 3.05) is 11.9 Å². The summed E-state index contributed by atoms with van der Waals surface area (Å²) in [7, 11) is 0. The topological polar surface area (TPSA) is 98.5 Å². The molecule has 1 aromatic heterocycles. The number of hydrogen-bond donors (Lipinski definition) is 1. The zero-order chi connectivity index (χ0) is 20.6. The Hall–Kier alpha value is -3.74. The van der Waals surface area contributed by atoms with Crippen molar-refractivity contribution in [1.29, 1.82) is 0 Å². The Balaban J connectivity index is 1.42. The average molecular weight is 392 g/mol. The minimum atomic E-state index is -0.620. The fourth-order valence-corrected chi connectivity index (χ4v) is 2.66. The van der Waals surface area contributed by atoms with Gasteiger partial charge in [-0.25, -0.2) is 0 Å². The number of nitrogens with one attached hydrogen (secondary N) is 1. The van der Waals surface area contributed by atoms with Gasteiger partial charge in [0.05, 0.1) is 6.42 Å². The van der Waals surface area contributed by atoms with Crippen molar-refractivity contribution < 1.29 is 23.6 Å². The van der Waals surface area contributed by atoms with E-state index >= 15 is 0 Å². The summed E-state index contributed by atoms with van der Waals surface area (Å²) in [5, 5.41) is 6.05. The smallest absolute Gasteiger partial charge is 0.306 e. The number of anilines is 1. The summed E-state index contributed by atoms with van der Waals surface area (Å²) in [6.45, 7) is 1.24. The van der Waals surface area contributed by atoms with Crippen LogP contribution in [0.2, 0.25) is 0 Å². The number of ether oxygens (including phenoxy) is 1. The Morgan fingerprint density at radius 3 is 2.31 bits per heavy atom. The first-order valence-electron chi connectivity index (χ1n) is 9.09. The summed E-state index contributed by atoms with van der Waals surface area (Å²) in [5.41, 5.74) is 2.60. The van der Waals surface area contributed by atoms with Gasteiger partial charge in [0, 0.05) is 18.1 Å². The lowest BCUT2D eigenvalue weighted by atomic mass is 10.0. The molecule has 3 rings (SSSR count). The lowest BCUT2D eigenvalue weighted by Gasteiger charge is -2.06. The highest BCUT2D eigenvalue weighted by Crippen LogP contribution is 2.20. The molecule has 29 heavy (non-hydrogen) atoms. The van der Waals surface area contributed by atoms with Crippen molar-refractivity contribution in [1.82, 2.24) is 5.16 Å². The fraction of sp³-hybridized carbons (Fsp3) is 0.182. The highest BCUT2D eigenvalue weighted by atomic mass is 16.5. The summed E-state index contributed by atoms with van der Waals surface area (Å²) >= 11 is 0. The molecule has 0 bridgehead atoms. The quantitative estimate of drug-likeness (QED) is 0.462. The van der Waals surface area contributed by atoms with Crippen molar-refractivity contribution in [2.24, 2.45) is 0 Å². The van der Waals surface area contributed by atoms with Crippen LogP contribution in [0.5, 0.6) is 0 Å². The maximum Gasteiger partial charge on any atom is 0.306 e. The third-order valence-electron chi connectivity index (χ3n) is 4.13. The minimum Gasteiger partial charge on any atom is -0.456 e. The second-order valence-electron chi connectivity index (χ2n) is 6.40. The van der Waals surface area contributed by atoms with Crippen LogP contribution in [-0.4, -0.2) is 29.4 Å². The molecule has 0 atom stereocenters. The van der Waals surface area contributed by atoms with Crippen LogP contribution in [0.1, 0.15) is 29.0 Å². The SMILES string of the molecule is Cc1cc(NC(=O)COC(=O)CCC(=O)c2ccc(-c3ccccc3)cc2)no1. The maximum absolute atomic E-state index is 12.3. The van der Waals surface area contributed by atoms with E-state index in [4.69, 9.17) is 9.26 Å². The number of ketones is 1. The molecule has 0 aliphatic carbocycles. The second-order valence-corrected chi connectivity index (χ2v) is 6.40. The summed E-state index contributed by atoms with van der Waals surface area (Å²) in [6, 6.07) is 18.6. The Kier molecular flexibility index (Phi) is 6.52. The molecular formula is C22H20N2O5. The van der Waals surface area contributed by atoms with Gasteiger partial charge in [-0.15, -0.1) is 0 Å². The lowest BCUT2D eigenvalue weighted by Crippen LogP contribution is -2.21. The van der Waals surface area contributed by atoms with Crippen LogP contribution >= 0.6 is 0 Å². The van der Waals surface area contributed by atoms with Crippen LogP contribution in [0.4, 0.5) is 5.82 Å². The molecule has 1 amide bonds. The van der Waals surface area contributed by atoms with E-state index in [1.54, 1.807) is 25.1 Å². The summed E-state index contributed by atoms with van der Waals surface area (Å²) in [4.78, 5) is 35.8. The van der Waals surface area contributed by atoms with Crippen molar-refractivity contribution in [3.63, 3.8) is 0 Å². The molecule has 1 heterocycles.